The number of ether oxygens (including phenoxy) is 1. The summed E-state index contributed by atoms with van der Waals surface area (Å²) in [5, 5.41) is 3.34. The molecular formula is C24H26N4O3S. The molecule has 0 aliphatic carbocycles. The zero-order valence-electron chi connectivity index (χ0n) is 18.2. The van der Waals surface area contributed by atoms with E-state index in [0.717, 1.165) is 34.8 Å². The number of aryl methyl sites for hydroxylation is 1. The van der Waals surface area contributed by atoms with Gasteiger partial charge in [0.25, 0.3) is 5.56 Å². The Bertz CT molecular complexity index is 1160. The van der Waals surface area contributed by atoms with E-state index in [1.807, 2.05) is 55.5 Å². The van der Waals surface area contributed by atoms with Gasteiger partial charge in [-0.05, 0) is 25.1 Å². The second kappa shape index (κ2) is 10.0. The van der Waals surface area contributed by atoms with Crippen LogP contribution in [-0.2, 0) is 24.3 Å². The second-order valence-electron chi connectivity index (χ2n) is 7.77. The van der Waals surface area contributed by atoms with Crippen molar-refractivity contribution < 1.29 is 9.53 Å². The minimum absolute atomic E-state index is 0.137. The van der Waals surface area contributed by atoms with Gasteiger partial charge in [-0.2, -0.15) is 0 Å². The highest BCUT2D eigenvalue weighted by Gasteiger charge is 2.22. The maximum atomic E-state index is 12.7. The van der Waals surface area contributed by atoms with Gasteiger partial charge in [-0.25, -0.2) is 4.98 Å². The number of nitrogens with one attached hydrogen (secondary N) is 2. The Hall–Kier alpha value is -3.10. The Morgan fingerprint density at radius 1 is 1.22 bits per heavy atom. The van der Waals surface area contributed by atoms with Gasteiger partial charge in [0.2, 0.25) is 5.91 Å². The highest BCUT2D eigenvalue weighted by molar-refractivity contribution is 7.99. The van der Waals surface area contributed by atoms with Gasteiger partial charge in [0.1, 0.15) is 5.75 Å². The average Bonchev–Trinajstić information content (AvgIpc) is 2.80. The molecule has 8 heteroatoms. The molecule has 0 fully saturated rings. The van der Waals surface area contributed by atoms with E-state index in [-0.39, 0.29) is 17.2 Å². The molecule has 0 unspecified atom stereocenters. The molecule has 0 radical (unpaired) electrons. The van der Waals surface area contributed by atoms with Crippen LogP contribution in [0, 0.1) is 6.92 Å². The lowest BCUT2D eigenvalue weighted by Crippen LogP contribution is -2.35. The molecule has 0 saturated heterocycles. The third-order valence-corrected chi connectivity index (χ3v) is 6.26. The van der Waals surface area contributed by atoms with Crippen LogP contribution in [0.15, 0.2) is 58.5 Å². The topological polar surface area (TPSA) is 87.3 Å². The molecule has 0 atom stereocenters. The maximum Gasteiger partial charge on any atom is 0.256 e. The Morgan fingerprint density at radius 2 is 2.00 bits per heavy atom. The van der Waals surface area contributed by atoms with Crippen LogP contribution in [0.1, 0.15) is 22.4 Å². The molecule has 3 aromatic rings. The normalized spacial score (nSPS) is 13.4. The number of anilines is 1. The van der Waals surface area contributed by atoms with Gasteiger partial charge < -0.3 is 15.0 Å². The SMILES string of the molecule is COc1ccccc1CN1CCc2nc(SCC(=O)Nc3ccc(C)cc3)[nH]c(=O)c2C1. The fraction of sp³-hybridized carbons (Fsp3) is 0.292. The summed E-state index contributed by atoms with van der Waals surface area (Å²) in [7, 11) is 1.67. The van der Waals surface area contributed by atoms with Crippen molar-refractivity contribution in [2.24, 2.45) is 0 Å². The van der Waals surface area contributed by atoms with Gasteiger partial charge in [0.05, 0.1) is 24.1 Å². The van der Waals surface area contributed by atoms with Crippen LogP contribution < -0.4 is 15.6 Å². The summed E-state index contributed by atoms with van der Waals surface area (Å²) in [6.45, 7) is 4.05. The molecule has 2 N–H and O–H groups in total. The number of nitrogens with zero attached hydrogens (tertiary/aromatic N) is 2. The maximum absolute atomic E-state index is 12.7. The van der Waals surface area contributed by atoms with Gasteiger partial charge in [0.15, 0.2) is 5.16 Å². The lowest BCUT2D eigenvalue weighted by molar-refractivity contribution is -0.113. The first-order valence-corrected chi connectivity index (χ1v) is 11.5. The van der Waals surface area contributed by atoms with Gasteiger partial charge in [-0.15, -0.1) is 0 Å². The van der Waals surface area contributed by atoms with Crippen LogP contribution in [0.4, 0.5) is 5.69 Å². The summed E-state index contributed by atoms with van der Waals surface area (Å²) in [5.41, 5.74) is 4.35. The van der Waals surface area contributed by atoms with Crippen LogP contribution in [0.2, 0.25) is 0 Å². The number of carbonyl (C=O) groups is 1. The number of carbonyl (C=O) groups excluding carboxylic acids is 1. The number of hydrogen-bond acceptors (Lipinski definition) is 6. The molecule has 0 saturated carbocycles. The van der Waals surface area contributed by atoms with E-state index in [1.54, 1.807) is 7.11 Å². The van der Waals surface area contributed by atoms with Crippen molar-refractivity contribution in [1.29, 1.82) is 0 Å². The first-order valence-electron chi connectivity index (χ1n) is 10.5. The molecule has 7 nitrogen and oxygen atoms in total. The highest BCUT2D eigenvalue weighted by atomic mass is 32.2. The largest absolute Gasteiger partial charge is 0.496 e. The average molecular weight is 451 g/mol. The lowest BCUT2D eigenvalue weighted by atomic mass is 10.1. The Morgan fingerprint density at radius 3 is 2.78 bits per heavy atom. The standard InChI is InChI=1S/C24H26N4O3S/c1-16-7-9-18(10-8-16)25-22(29)15-32-24-26-20-11-12-28(14-19(20)23(30)27-24)13-17-5-3-4-6-21(17)31-2/h3-10H,11-15H2,1-2H3,(H,25,29)(H,26,27,30). The quantitative estimate of drug-likeness (QED) is 0.424. The van der Waals surface area contributed by atoms with Gasteiger partial charge in [0, 0.05) is 37.3 Å². The van der Waals surface area contributed by atoms with Crippen molar-refractivity contribution in [3.8, 4) is 5.75 Å². The molecule has 32 heavy (non-hydrogen) atoms. The Balaban J connectivity index is 1.38. The van der Waals surface area contributed by atoms with Crippen LogP contribution in [0.3, 0.4) is 0 Å². The predicted octanol–water partition coefficient (Wildman–Crippen LogP) is 3.38. The third kappa shape index (κ3) is 5.38. The number of benzene rings is 2. The zero-order valence-corrected chi connectivity index (χ0v) is 19.0. The molecule has 2 heterocycles. The minimum atomic E-state index is -0.138. The molecule has 1 aromatic heterocycles. The molecule has 0 bridgehead atoms. The van der Waals surface area contributed by atoms with E-state index in [9.17, 15) is 9.59 Å². The molecule has 0 spiro atoms. The fourth-order valence-electron chi connectivity index (χ4n) is 3.70. The van der Waals surface area contributed by atoms with Crippen molar-refractivity contribution in [2.75, 3.05) is 24.7 Å². The highest BCUT2D eigenvalue weighted by Crippen LogP contribution is 2.23. The molecule has 2 aromatic carbocycles. The molecular weight excluding hydrogens is 424 g/mol. The smallest absolute Gasteiger partial charge is 0.256 e. The van der Waals surface area contributed by atoms with E-state index in [4.69, 9.17) is 4.74 Å². The molecule has 4 rings (SSSR count). The number of rotatable bonds is 7. The first kappa shape index (κ1) is 22.1. The van der Waals surface area contributed by atoms with Crippen molar-refractivity contribution >= 4 is 23.4 Å². The van der Waals surface area contributed by atoms with Crippen LogP contribution in [0.25, 0.3) is 0 Å². The van der Waals surface area contributed by atoms with E-state index in [2.05, 4.69) is 20.2 Å². The number of fused-ring (bicyclic) bond motifs is 1. The van der Waals surface area contributed by atoms with E-state index >= 15 is 0 Å². The van der Waals surface area contributed by atoms with Gasteiger partial charge >= 0.3 is 0 Å². The van der Waals surface area contributed by atoms with Gasteiger partial charge in [-0.3, -0.25) is 14.5 Å². The molecule has 1 amide bonds. The molecule has 1 aliphatic heterocycles. The predicted molar refractivity (Wildman–Crippen MR) is 126 cm³/mol. The van der Waals surface area contributed by atoms with Crippen LogP contribution in [0.5, 0.6) is 5.75 Å². The number of methoxy groups -OCH3 is 1. The van der Waals surface area contributed by atoms with Crippen LogP contribution >= 0.6 is 11.8 Å². The number of thioether (sulfide) groups is 1. The number of H-pyrrole nitrogens is 1. The van der Waals surface area contributed by atoms with Crippen molar-refractivity contribution in [2.45, 2.75) is 31.6 Å². The van der Waals surface area contributed by atoms with Crippen molar-refractivity contribution in [3.05, 3.63) is 81.3 Å². The summed E-state index contributed by atoms with van der Waals surface area (Å²) < 4.78 is 5.44. The Labute approximate surface area is 191 Å². The third-order valence-electron chi connectivity index (χ3n) is 5.39. The number of aromatic nitrogens is 2. The monoisotopic (exact) mass is 450 g/mol. The summed E-state index contributed by atoms with van der Waals surface area (Å²) in [6, 6.07) is 15.6. The molecule has 1 aliphatic rings. The lowest BCUT2D eigenvalue weighted by Gasteiger charge is -2.28. The van der Waals surface area contributed by atoms with E-state index < -0.39 is 0 Å². The Kier molecular flexibility index (Phi) is 6.92. The zero-order chi connectivity index (χ0) is 22.5. The van der Waals surface area contributed by atoms with Gasteiger partial charge in [-0.1, -0.05) is 47.7 Å². The fourth-order valence-corrected chi connectivity index (χ4v) is 4.38. The van der Waals surface area contributed by atoms with E-state index in [0.29, 0.717) is 30.2 Å². The summed E-state index contributed by atoms with van der Waals surface area (Å²) in [6.07, 6.45) is 0.692. The number of para-hydroxylation sites is 1. The van der Waals surface area contributed by atoms with Crippen molar-refractivity contribution in [1.82, 2.24) is 14.9 Å². The molecule has 166 valence electrons. The summed E-state index contributed by atoms with van der Waals surface area (Å²) in [5.74, 6) is 0.887. The summed E-state index contributed by atoms with van der Waals surface area (Å²) in [4.78, 5) is 34.6. The second-order valence-corrected chi connectivity index (χ2v) is 8.74. The number of hydrogen-bond donors (Lipinski definition) is 2. The van der Waals surface area contributed by atoms with Crippen LogP contribution in [-0.4, -0.2) is 40.2 Å². The number of aromatic amines is 1. The van der Waals surface area contributed by atoms with E-state index in [1.165, 1.54) is 11.8 Å². The summed E-state index contributed by atoms with van der Waals surface area (Å²) >= 11 is 1.24. The minimum Gasteiger partial charge on any atom is -0.496 e. The first-order chi connectivity index (χ1) is 15.5. The number of amides is 1. The van der Waals surface area contributed by atoms with Crippen molar-refractivity contribution in [3.63, 3.8) is 0 Å².